The van der Waals surface area contributed by atoms with Crippen molar-refractivity contribution in [1.82, 2.24) is 9.80 Å². The Hall–Kier alpha value is -2.90. The van der Waals surface area contributed by atoms with E-state index >= 15 is 0 Å². The monoisotopic (exact) mass is 404 g/mol. The molecular formula is C21H28N2O6. The van der Waals surface area contributed by atoms with Crippen molar-refractivity contribution in [2.45, 2.75) is 48.0 Å². The van der Waals surface area contributed by atoms with E-state index < -0.39 is 0 Å². The molecule has 0 N–H and O–H groups in total. The number of carbonyl (C=O) groups is 6. The molecule has 8 nitrogen and oxygen atoms in total. The highest BCUT2D eigenvalue weighted by Crippen LogP contribution is 2.13. The van der Waals surface area contributed by atoms with Gasteiger partial charge in [0, 0.05) is 48.1 Å². The van der Waals surface area contributed by atoms with Crippen molar-refractivity contribution in [2.24, 2.45) is 11.8 Å². The van der Waals surface area contributed by atoms with Crippen molar-refractivity contribution in [2.75, 3.05) is 13.1 Å². The van der Waals surface area contributed by atoms with Crippen LogP contribution in [0.2, 0.25) is 0 Å². The highest BCUT2D eigenvalue weighted by atomic mass is 16.2. The highest BCUT2D eigenvalue weighted by molar-refractivity contribution is 6.17. The first-order valence-corrected chi connectivity index (χ1v) is 9.50. The average Bonchev–Trinajstić information content (AvgIpc) is 3.01. The molecule has 4 amide bonds. The summed E-state index contributed by atoms with van der Waals surface area (Å²) in [6.07, 6.45) is 2.81. The summed E-state index contributed by atoms with van der Waals surface area (Å²) < 4.78 is 0. The van der Waals surface area contributed by atoms with Crippen molar-refractivity contribution >= 4 is 35.2 Å². The molecule has 0 spiro atoms. The minimum Gasteiger partial charge on any atom is -0.299 e. The number of carbonyl (C=O) groups excluding carboxylic acids is 6. The van der Waals surface area contributed by atoms with Crippen molar-refractivity contribution in [3.05, 3.63) is 23.3 Å². The van der Waals surface area contributed by atoms with Crippen LogP contribution in [0.1, 0.15) is 48.0 Å². The largest absolute Gasteiger partial charge is 0.299 e. The summed E-state index contributed by atoms with van der Waals surface area (Å²) in [5.41, 5.74) is 0.837. The van der Waals surface area contributed by atoms with Gasteiger partial charge in [-0.15, -0.1) is 0 Å². The molecular weight excluding hydrogens is 376 g/mol. The van der Waals surface area contributed by atoms with Gasteiger partial charge in [0.15, 0.2) is 5.78 Å². The van der Waals surface area contributed by atoms with Gasteiger partial charge in [0.2, 0.25) is 0 Å². The molecule has 0 aromatic rings. The first-order valence-electron chi connectivity index (χ1n) is 9.50. The van der Waals surface area contributed by atoms with E-state index in [0.717, 1.165) is 9.80 Å². The standard InChI is InChI=1S/C11H15NO3.C10H13NO3/c1-7(2)9(13)4-5-12-10(14)6-8(3)11(12)15;1-6(2)8(12)5-11-9(13)4-7(3)10(11)14/h6-7H,4-5H2,1-3H3;4,6H,5H2,1-3H3. The molecule has 2 heterocycles. The maximum Gasteiger partial charge on any atom is 0.256 e. The van der Waals surface area contributed by atoms with Gasteiger partial charge in [-0.3, -0.25) is 38.6 Å². The van der Waals surface area contributed by atoms with E-state index in [1.165, 1.54) is 12.2 Å². The fourth-order valence-corrected chi connectivity index (χ4v) is 2.49. The molecule has 0 saturated heterocycles. The molecule has 0 saturated carbocycles. The van der Waals surface area contributed by atoms with Crippen LogP contribution in [0.25, 0.3) is 0 Å². The average molecular weight is 404 g/mol. The van der Waals surface area contributed by atoms with E-state index in [1.807, 2.05) is 0 Å². The third-order valence-corrected chi connectivity index (χ3v) is 4.56. The van der Waals surface area contributed by atoms with Gasteiger partial charge < -0.3 is 0 Å². The third kappa shape index (κ3) is 6.30. The second kappa shape index (κ2) is 10.0. The molecule has 0 fully saturated rings. The number of amides is 4. The summed E-state index contributed by atoms with van der Waals surface area (Å²) in [4.78, 5) is 70.1. The van der Waals surface area contributed by atoms with E-state index in [9.17, 15) is 28.8 Å². The molecule has 0 aromatic carbocycles. The molecule has 2 aliphatic rings. The van der Waals surface area contributed by atoms with Crippen LogP contribution >= 0.6 is 0 Å². The number of ketones is 2. The Morgan fingerprint density at radius 1 is 0.759 bits per heavy atom. The lowest BCUT2D eigenvalue weighted by atomic mass is 10.1. The Bertz CT molecular complexity index is 804. The van der Waals surface area contributed by atoms with Gasteiger partial charge in [0.1, 0.15) is 5.78 Å². The topological polar surface area (TPSA) is 109 Å². The first-order chi connectivity index (χ1) is 13.4. The van der Waals surface area contributed by atoms with Gasteiger partial charge >= 0.3 is 0 Å². The number of hydrogen-bond acceptors (Lipinski definition) is 6. The van der Waals surface area contributed by atoms with E-state index in [-0.39, 0.29) is 66.5 Å². The molecule has 0 atom stereocenters. The van der Waals surface area contributed by atoms with Crippen molar-refractivity contribution in [3.63, 3.8) is 0 Å². The first kappa shape index (κ1) is 24.1. The second-order valence-electron chi connectivity index (χ2n) is 7.67. The van der Waals surface area contributed by atoms with Crippen LogP contribution in [0, 0.1) is 11.8 Å². The molecule has 8 heteroatoms. The van der Waals surface area contributed by atoms with Crippen LogP contribution in [0.15, 0.2) is 23.3 Å². The van der Waals surface area contributed by atoms with Gasteiger partial charge in [0.05, 0.1) is 6.54 Å². The van der Waals surface area contributed by atoms with E-state index in [1.54, 1.807) is 41.5 Å². The molecule has 0 bridgehead atoms. The number of rotatable bonds is 7. The quantitative estimate of drug-likeness (QED) is 0.594. The molecule has 0 radical (unpaired) electrons. The Balaban J connectivity index is 0.000000291. The SMILES string of the molecule is CC1=CC(=O)N(CC(=O)C(C)C)C1=O.CC1=CC(=O)N(CCC(=O)C(C)C)C1=O. The predicted molar refractivity (Wildman–Crippen MR) is 105 cm³/mol. The zero-order valence-corrected chi connectivity index (χ0v) is 17.8. The van der Waals surface area contributed by atoms with Gasteiger partial charge in [-0.25, -0.2) is 0 Å². The zero-order chi connectivity index (χ0) is 22.5. The van der Waals surface area contributed by atoms with Crippen LogP contribution in [0.5, 0.6) is 0 Å². The summed E-state index contributed by atoms with van der Waals surface area (Å²) in [5.74, 6) is -1.57. The fourth-order valence-electron chi connectivity index (χ4n) is 2.49. The molecule has 2 aliphatic heterocycles. The van der Waals surface area contributed by atoms with Crippen molar-refractivity contribution in [1.29, 1.82) is 0 Å². The van der Waals surface area contributed by atoms with E-state index in [4.69, 9.17) is 0 Å². The van der Waals surface area contributed by atoms with Crippen LogP contribution in [-0.2, 0) is 28.8 Å². The lowest BCUT2D eigenvalue weighted by Gasteiger charge is -2.14. The highest BCUT2D eigenvalue weighted by Gasteiger charge is 2.30. The van der Waals surface area contributed by atoms with E-state index in [2.05, 4.69) is 0 Å². The Morgan fingerprint density at radius 3 is 1.52 bits per heavy atom. The van der Waals surface area contributed by atoms with Crippen molar-refractivity contribution < 1.29 is 28.8 Å². The van der Waals surface area contributed by atoms with Crippen LogP contribution in [0.4, 0.5) is 0 Å². The molecule has 158 valence electrons. The fraction of sp³-hybridized carbons (Fsp3) is 0.524. The van der Waals surface area contributed by atoms with Crippen LogP contribution < -0.4 is 0 Å². The normalized spacial score (nSPS) is 16.4. The Kier molecular flexibility index (Phi) is 8.36. The number of Topliss-reactive ketones (excluding diaryl/α,β-unsaturated/α-hetero) is 2. The molecule has 29 heavy (non-hydrogen) atoms. The zero-order valence-electron chi connectivity index (χ0n) is 17.8. The minimum absolute atomic E-state index is 0.0492. The number of hydrogen-bond donors (Lipinski definition) is 0. The lowest BCUT2D eigenvalue weighted by molar-refractivity contribution is -0.141. The van der Waals surface area contributed by atoms with Crippen LogP contribution in [-0.4, -0.2) is 58.1 Å². The molecule has 0 aromatic heterocycles. The molecule has 2 rings (SSSR count). The summed E-state index contributed by atoms with van der Waals surface area (Å²) in [7, 11) is 0. The summed E-state index contributed by atoms with van der Waals surface area (Å²) in [5, 5.41) is 0. The Morgan fingerprint density at radius 2 is 1.17 bits per heavy atom. The van der Waals surface area contributed by atoms with Gasteiger partial charge in [-0.1, -0.05) is 27.7 Å². The summed E-state index contributed by atoms with van der Waals surface area (Å²) >= 11 is 0. The maximum absolute atomic E-state index is 11.4. The smallest absolute Gasteiger partial charge is 0.256 e. The number of imide groups is 2. The third-order valence-electron chi connectivity index (χ3n) is 4.56. The van der Waals surface area contributed by atoms with Gasteiger partial charge in [-0.2, -0.15) is 0 Å². The van der Waals surface area contributed by atoms with Gasteiger partial charge in [-0.05, 0) is 13.8 Å². The minimum atomic E-state index is -0.387. The molecule has 0 unspecified atom stereocenters. The van der Waals surface area contributed by atoms with E-state index in [0.29, 0.717) is 11.1 Å². The number of nitrogens with zero attached hydrogens (tertiary/aromatic N) is 2. The second-order valence-corrected chi connectivity index (χ2v) is 7.67. The molecule has 0 aliphatic carbocycles. The lowest BCUT2D eigenvalue weighted by Crippen LogP contribution is -2.37. The predicted octanol–water partition coefficient (Wildman–Crippen LogP) is 1.44. The Labute approximate surface area is 170 Å². The maximum atomic E-state index is 11.4. The van der Waals surface area contributed by atoms with Crippen LogP contribution in [0.3, 0.4) is 0 Å². The van der Waals surface area contributed by atoms with Crippen molar-refractivity contribution in [3.8, 4) is 0 Å². The van der Waals surface area contributed by atoms with Gasteiger partial charge in [0.25, 0.3) is 23.6 Å². The summed E-state index contributed by atoms with van der Waals surface area (Å²) in [6.45, 7) is 10.4. The summed E-state index contributed by atoms with van der Waals surface area (Å²) in [6, 6.07) is 0.